The highest BCUT2D eigenvalue weighted by Crippen LogP contribution is 2.33. The number of hydrogen-bond acceptors (Lipinski definition) is 7. The maximum absolute atomic E-state index is 13.3. The highest BCUT2D eigenvalue weighted by molar-refractivity contribution is 7.97. The zero-order valence-electron chi connectivity index (χ0n) is 18.1. The molecule has 1 aliphatic rings. The van der Waals surface area contributed by atoms with E-state index >= 15 is 0 Å². The Bertz CT molecular complexity index is 1400. The number of aromatic nitrogens is 3. The van der Waals surface area contributed by atoms with Gasteiger partial charge in [0.1, 0.15) is 16.1 Å². The maximum atomic E-state index is 13.3. The molecule has 0 saturated carbocycles. The molecule has 5 rings (SSSR count). The van der Waals surface area contributed by atoms with Crippen LogP contribution in [0.1, 0.15) is 26.5 Å². The first-order chi connectivity index (χ1) is 16.0. The smallest absolute Gasteiger partial charge is 0.346 e. The van der Waals surface area contributed by atoms with Crippen molar-refractivity contribution in [1.82, 2.24) is 18.7 Å². The highest BCUT2D eigenvalue weighted by atomic mass is 32.2. The van der Waals surface area contributed by atoms with Gasteiger partial charge in [-0.05, 0) is 65.2 Å². The van der Waals surface area contributed by atoms with Crippen LogP contribution in [-0.2, 0) is 26.6 Å². The molecule has 10 heteroatoms. The minimum atomic E-state index is -0.988. The van der Waals surface area contributed by atoms with E-state index in [4.69, 9.17) is 4.74 Å². The monoisotopic (exact) mass is 482 g/mol. The average molecular weight is 483 g/mol. The summed E-state index contributed by atoms with van der Waals surface area (Å²) in [6, 6.07) is 9.71. The molecule has 3 aromatic heterocycles. The van der Waals surface area contributed by atoms with Gasteiger partial charge in [0.25, 0.3) is 5.56 Å². The van der Waals surface area contributed by atoms with Gasteiger partial charge in [-0.3, -0.25) is 4.79 Å². The van der Waals surface area contributed by atoms with E-state index in [2.05, 4.69) is 9.40 Å². The fourth-order valence-corrected chi connectivity index (χ4v) is 5.94. The van der Waals surface area contributed by atoms with E-state index in [9.17, 15) is 14.7 Å². The molecule has 0 radical (unpaired) electrons. The normalized spacial score (nSPS) is 13.9. The third-order valence-electron chi connectivity index (χ3n) is 5.92. The van der Waals surface area contributed by atoms with Crippen LogP contribution in [0.5, 0.6) is 5.75 Å². The molecule has 0 atom stereocenters. The summed E-state index contributed by atoms with van der Waals surface area (Å²) in [6.07, 6.45) is 2.57. The zero-order chi connectivity index (χ0) is 23.1. The summed E-state index contributed by atoms with van der Waals surface area (Å²) in [5.41, 5.74) is 3.26. The van der Waals surface area contributed by atoms with Gasteiger partial charge in [0, 0.05) is 29.6 Å². The van der Waals surface area contributed by atoms with Gasteiger partial charge in [-0.25, -0.2) is 13.8 Å². The van der Waals surface area contributed by atoms with Crippen molar-refractivity contribution < 1.29 is 14.6 Å². The Labute approximate surface area is 198 Å². The van der Waals surface area contributed by atoms with Crippen molar-refractivity contribution in [2.45, 2.75) is 24.4 Å². The lowest BCUT2D eigenvalue weighted by molar-refractivity contribution is 0.0701. The zero-order valence-corrected chi connectivity index (χ0v) is 19.8. The molecule has 0 fully saturated rings. The fourth-order valence-electron chi connectivity index (χ4n) is 4.26. The second-order valence-corrected chi connectivity index (χ2v) is 9.90. The van der Waals surface area contributed by atoms with E-state index in [0.29, 0.717) is 17.6 Å². The SMILES string of the molecule is COc1ccc(SN2CCc3c(n(C)c4c(=O)n(Cc5ccsc5C(=O)O)ncc34)C2)cc1. The third kappa shape index (κ3) is 3.94. The van der Waals surface area contributed by atoms with Crippen LogP contribution < -0.4 is 10.3 Å². The van der Waals surface area contributed by atoms with Gasteiger partial charge in [-0.1, -0.05) is 0 Å². The van der Waals surface area contributed by atoms with Crippen molar-refractivity contribution in [3.63, 3.8) is 0 Å². The number of thiophene rings is 1. The lowest BCUT2D eigenvalue weighted by Gasteiger charge is -2.26. The molecular formula is C23H22N4O4S2. The number of carbonyl (C=O) groups is 1. The lowest BCUT2D eigenvalue weighted by Crippen LogP contribution is -2.26. The number of hydrogen-bond donors (Lipinski definition) is 1. The van der Waals surface area contributed by atoms with Crippen LogP contribution in [0.3, 0.4) is 0 Å². The van der Waals surface area contributed by atoms with Crippen molar-refractivity contribution in [2.75, 3.05) is 13.7 Å². The van der Waals surface area contributed by atoms with Gasteiger partial charge < -0.3 is 14.4 Å². The topological polar surface area (TPSA) is 89.6 Å². The molecule has 0 spiro atoms. The third-order valence-corrected chi connectivity index (χ3v) is 7.92. The van der Waals surface area contributed by atoms with Gasteiger partial charge in [-0.2, -0.15) is 5.10 Å². The molecule has 8 nitrogen and oxygen atoms in total. The van der Waals surface area contributed by atoms with Crippen LogP contribution in [0.2, 0.25) is 0 Å². The van der Waals surface area contributed by atoms with E-state index in [-0.39, 0.29) is 17.0 Å². The number of aryl methyl sites for hydroxylation is 1. The first kappa shape index (κ1) is 21.7. The van der Waals surface area contributed by atoms with E-state index < -0.39 is 5.97 Å². The molecule has 1 N–H and O–H groups in total. The summed E-state index contributed by atoms with van der Waals surface area (Å²) in [7, 11) is 3.57. The Morgan fingerprint density at radius 1 is 1.27 bits per heavy atom. The molecular weight excluding hydrogens is 460 g/mol. The molecule has 0 unspecified atom stereocenters. The fraction of sp³-hybridized carbons (Fsp3) is 0.261. The van der Waals surface area contributed by atoms with Crippen molar-refractivity contribution in [1.29, 1.82) is 0 Å². The molecule has 1 aromatic carbocycles. The molecule has 0 aliphatic carbocycles. The molecule has 4 heterocycles. The van der Waals surface area contributed by atoms with E-state index in [0.717, 1.165) is 51.6 Å². The minimum Gasteiger partial charge on any atom is -0.497 e. The van der Waals surface area contributed by atoms with Crippen LogP contribution in [0, 0.1) is 0 Å². The molecule has 0 amide bonds. The predicted molar refractivity (Wildman–Crippen MR) is 128 cm³/mol. The summed E-state index contributed by atoms with van der Waals surface area (Å²) in [4.78, 5) is 26.1. The van der Waals surface area contributed by atoms with Crippen LogP contribution in [0.4, 0.5) is 0 Å². The Hall–Kier alpha value is -3.08. The van der Waals surface area contributed by atoms with Crippen molar-refractivity contribution >= 4 is 40.2 Å². The highest BCUT2D eigenvalue weighted by Gasteiger charge is 2.26. The van der Waals surface area contributed by atoms with Crippen molar-refractivity contribution in [2.24, 2.45) is 7.05 Å². The molecule has 0 bridgehead atoms. The first-order valence-corrected chi connectivity index (χ1v) is 12.0. The average Bonchev–Trinajstić information content (AvgIpc) is 3.39. The number of methoxy groups -OCH3 is 1. The number of ether oxygens (including phenoxy) is 1. The van der Waals surface area contributed by atoms with Crippen LogP contribution in [0.25, 0.3) is 10.9 Å². The molecule has 1 aliphatic heterocycles. The summed E-state index contributed by atoms with van der Waals surface area (Å²) < 4.78 is 10.8. The largest absolute Gasteiger partial charge is 0.497 e. The summed E-state index contributed by atoms with van der Waals surface area (Å²) in [5.74, 6) is -0.159. The second kappa shape index (κ2) is 8.69. The lowest BCUT2D eigenvalue weighted by atomic mass is 10.1. The van der Waals surface area contributed by atoms with E-state index in [1.165, 1.54) is 4.68 Å². The van der Waals surface area contributed by atoms with Crippen molar-refractivity contribution in [3.8, 4) is 5.75 Å². The molecule has 0 saturated heterocycles. The number of rotatable bonds is 6. The van der Waals surface area contributed by atoms with Crippen LogP contribution >= 0.6 is 23.3 Å². The Balaban J connectivity index is 1.44. The molecule has 170 valence electrons. The van der Waals surface area contributed by atoms with E-state index in [1.807, 2.05) is 35.9 Å². The number of benzene rings is 1. The number of nitrogens with zero attached hydrogens (tertiary/aromatic N) is 4. The van der Waals surface area contributed by atoms with Gasteiger partial charge in [-0.15, -0.1) is 11.3 Å². The number of carboxylic acid groups (broad SMARTS) is 1. The summed E-state index contributed by atoms with van der Waals surface area (Å²) >= 11 is 2.84. The molecule has 4 aromatic rings. The van der Waals surface area contributed by atoms with Gasteiger partial charge in [0.2, 0.25) is 0 Å². The van der Waals surface area contributed by atoms with Gasteiger partial charge in [0.15, 0.2) is 0 Å². The molecule has 33 heavy (non-hydrogen) atoms. The summed E-state index contributed by atoms with van der Waals surface area (Å²) in [6.45, 7) is 1.71. The number of fused-ring (bicyclic) bond motifs is 3. The second-order valence-electron chi connectivity index (χ2n) is 7.81. The Kier molecular flexibility index (Phi) is 5.73. The minimum absolute atomic E-state index is 0.134. The standard InChI is InChI=1S/C23H22N4O4S2/c1-25-19-13-26(33-16-5-3-15(31-2)4-6-16)9-7-17(19)18-11-24-27(22(28)20(18)25)12-14-8-10-32-21(14)23(29)30/h3-6,8,10-11H,7,9,12-13H2,1-2H3,(H,29,30). The van der Waals surface area contributed by atoms with Crippen LogP contribution in [0.15, 0.2) is 51.6 Å². The Morgan fingerprint density at radius 3 is 2.79 bits per heavy atom. The van der Waals surface area contributed by atoms with E-state index in [1.54, 1.807) is 36.7 Å². The first-order valence-electron chi connectivity index (χ1n) is 10.4. The predicted octanol–water partition coefficient (Wildman–Crippen LogP) is 3.62. The van der Waals surface area contributed by atoms with Gasteiger partial charge in [0.05, 0.1) is 26.4 Å². The number of aromatic carboxylic acids is 1. The summed E-state index contributed by atoms with van der Waals surface area (Å²) in [5, 5.41) is 16.4. The van der Waals surface area contributed by atoms with Crippen LogP contribution in [-0.4, -0.2) is 43.4 Å². The Morgan fingerprint density at radius 2 is 2.06 bits per heavy atom. The van der Waals surface area contributed by atoms with Gasteiger partial charge >= 0.3 is 5.97 Å². The number of carboxylic acids is 1. The maximum Gasteiger partial charge on any atom is 0.346 e. The quantitative estimate of drug-likeness (QED) is 0.420. The van der Waals surface area contributed by atoms with Crippen molar-refractivity contribution in [3.05, 3.63) is 74.0 Å².